The highest BCUT2D eigenvalue weighted by Gasteiger charge is 2.42. The quantitative estimate of drug-likeness (QED) is 0.754. The minimum Gasteiger partial charge on any atom is -0.475 e. The maximum Gasteiger partial charge on any atom is 0.490 e. The van der Waals surface area contributed by atoms with Crippen molar-refractivity contribution in [2.75, 3.05) is 58.0 Å². The number of ether oxygens (including phenoxy) is 2. The van der Waals surface area contributed by atoms with E-state index in [-0.39, 0.29) is 11.3 Å². The lowest BCUT2D eigenvalue weighted by molar-refractivity contribution is -0.192. The van der Waals surface area contributed by atoms with Crippen molar-refractivity contribution < 1.29 is 37.3 Å². The van der Waals surface area contributed by atoms with Crippen LogP contribution < -0.4 is 4.90 Å². The van der Waals surface area contributed by atoms with E-state index in [4.69, 9.17) is 19.4 Å². The fourth-order valence-corrected chi connectivity index (χ4v) is 3.36. The molecule has 9 nitrogen and oxygen atoms in total. The molecule has 3 rings (SSSR count). The number of hydrogen-bond donors (Lipinski definition) is 1. The number of hydrogen-bond acceptors (Lipinski definition) is 7. The van der Waals surface area contributed by atoms with Gasteiger partial charge in [-0.25, -0.2) is 14.8 Å². The Balaban J connectivity index is 0.000000396. The number of carbonyl (C=O) groups excluding carboxylic acids is 1. The molecule has 3 heterocycles. The van der Waals surface area contributed by atoms with Gasteiger partial charge < -0.3 is 24.4 Å². The molecule has 0 aromatic carbocycles. The largest absolute Gasteiger partial charge is 0.490 e. The Kier molecular flexibility index (Phi) is 8.35. The fraction of sp³-hybridized carbons (Fsp3) is 0.667. The topological polar surface area (TPSA) is 105 Å². The van der Waals surface area contributed by atoms with Gasteiger partial charge in [-0.2, -0.15) is 13.2 Å². The molecular weight excluding hydrogens is 409 g/mol. The molecule has 1 spiro atoms. The van der Waals surface area contributed by atoms with Gasteiger partial charge in [-0.05, 0) is 12.5 Å². The van der Waals surface area contributed by atoms with E-state index in [1.165, 1.54) is 0 Å². The minimum atomic E-state index is -5.08. The van der Waals surface area contributed by atoms with E-state index in [2.05, 4.69) is 14.9 Å². The van der Waals surface area contributed by atoms with E-state index in [0.717, 1.165) is 32.0 Å². The molecule has 1 amide bonds. The number of rotatable bonds is 4. The summed E-state index contributed by atoms with van der Waals surface area (Å²) >= 11 is 0. The molecule has 1 aromatic heterocycles. The molecule has 2 fully saturated rings. The summed E-state index contributed by atoms with van der Waals surface area (Å²) in [5.74, 6) is -1.86. The molecule has 2 aliphatic rings. The van der Waals surface area contributed by atoms with Crippen molar-refractivity contribution in [2.45, 2.75) is 19.0 Å². The molecule has 0 bridgehead atoms. The fourth-order valence-electron chi connectivity index (χ4n) is 3.36. The van der Waals surface area contributed by atoms with Gasteiger partial charge >= 0.3 is 12.1 Å². The summed E-state index contributed by atoms with van der Waals surface area (Å²) in [6.45, 7) is 4.86. The second-order valence-corrected chi connectivity index (χ2v) is 7.13. The van der Waals surface area contributed by atoms with Crippen molar-refractivity contribution in [3.05, 3.63) is 18.5 Å². The molecule has 1 aromatic rings. The number of nitrogens with zero attached hydrogens (tertiary/aromatic N) is 4. The van der Waals surface area contributed by atoms with E-state index in [9.17, 15) is 18.0 Å². The lowest BCUT2D eigenvalue weighted by Crippen LogP contribution is -2.43. The first-order valence-corrected chi connectivity index (χ1v) is 9.33. The number of methoxy groups -OCH3 is 1. The predicted molar refractivity (Wildman–Crippen MR) is 98.9 cm³/mol. The third-order valence-corrected chi connectivity index (χ3v) is 4.83. The lowest BCUT2D eigenvalue weighted by Gasteiger charge is -2.31. The zero-order valence-corrected chi connectivity index (χ0v) is 16.6. The molecule has 168 valence electrons. The molecule has 1 N–H and O–H groups in total. The van der Waals surface area contributed by atoms with Gasteiger partial charge in [-0.15, -0.1) is 0 Å². The highest BCUT2D eigenvalue weighted by molar-refractivity contribution is 5.76. The van der Waals surface area contributed by atoms with Gasteiger partial charge in [0, 0.05) is 51.1 Å². The molecule has 12 heteroatoms. The third kappa shape index (κ3) is 6.80. The molecule has 0 aliphatic carbocycles. The Labute approximate surface area is 171 Å². The number of carboxylic acids is 1. The van der Waals surface area contributed by atoms with Crippen LogP contribution in [0, 0.1) is 5.41 Å². The normalized spacial score (nSPS) is 21.7. The Morgan fingerprint density at radius 1 is 1.27 bits per heavy atom. The van der Waals surface area contributed by atoms with E-state index in [0.29, 0.717) is 32.8 Å². The van der Waals surface area contributed by atoms with Crippen molar-refractivity contribution in [1.29, 1.82) is 0 Å². The summed E-state index contributed by atoms with van der Waals surface area (Å²) in [6, 6.07) is 1.82. The first-order chi connectivity index (χ1) is 14.2. The van der Waals surface area contributed by atoms with Crippen molar-refractivity contribution in [2.24, 2.45) is 5.41 Å². The zero-order valence-electron chi connectivity index (χ0n) is 16.6. The maximum absolute atomic E-state index is 12.4. The van der Waals surface area contributed by atoms with Crippen molar-refractivity contribution in [3.63, 3.8) is 0 Å². The predicted octanol–water partition coefficient (Wildman–Crippen LogP) is 1.20. The summed E-state index contributed by atoms with van der Waals surface area (Å²) in [5, 5.41) is 7.12. The van der Waals surface area contributed by atoms with Crippen molar-refractivity contribution in [3.8, 4) is 0 Å². The van der Waals surface area contributed by atoms with Crippen molar-refractivity contribution >= 4 is 17.8 Å². The summed E-state index contributed by atoms with van der Waals surface area (Å²) < 4.78 is 42.6. The monoisotopic (exact) mass is 434 g/mol. The number of aromatic nitrogens is 2. The minimum absolute atomic E-state index is 0.0293. The van der Waals surface area contributed by atoms with Gasteiger partial charge in [-0.1, -0.05) is 0 Å². The van der Waals surface area contributed by atoms with Crippen LogP contribution in [0.4, 0.5) is 19.1 Å². The number of aliphatic carboxylic acids is 1. The molecule has 0 saturated carbocycles. The van der Waals surface area contributed by atoms with Gasteiger partial charge in [0.1, 0.15) is 0 Å². The Morgan fingerprint density at radius 2 is 1.93 bits per heavy atom. The maximum atomic E-state index is 12.4. The SMILES string of the molecule is COCCC(=O)N1CCOCC2(CCN(c3ncccn3)C2)C1.O=C(O)C(F)(F)F. The Hall–Kier alpha value is -2.47. The van der Waals surface area contributed by atoms with Crippen LogP contribution in [0.25, 0.3) is 0 Å². The molecule has 0 radical (unpaired) electrons. The van der Waals surface area contributed by atoms with Crippen LogP contribution in [0.2, 0.25) is 0 Å². The first kappa shape index (κ1) is 23.8. The molecule has 1 unspecified atom stereocenters. The molecule has 2 saturated heterocycles. The van der Waals surface area contributed by atoms with Crippen LogP contribution in [0.1, 0.15) is 12.8 Å². The molecule has 2 aliphatic heterocycles. The number of carboxylic acid groups (broad SMARTS) is 1. The van der Waals surface area contributed by atoms with Crippen LogP contribution in [0.15, 0.2) is 18.5 Å². The zero-order chi connectivity index (χ0) is 22.2. The van der Waals surface area contributed by atoms with Crippen LogP contribution in [-0.2, 0) is 19.1 Å². The summed E-state index contributed by atoms with van der Waals surface area (Å²) in [4.78, 5) is 34.0. The average molecular weight is 434 g/mol. The van der Waals surface area contributed by atoms with Gasteiger partial charge in [0.15, 0.2) is 0 Å². The summed E-state index contributed by atoms with van der Waals surface area (Å²) in [7, 11) is 1.62. The smallest absolute Gasteiger partial charge is 0.475 e. The lowest BCUT2D eigenvalue weighted by atomic mass is 9.87. The van der Waals surface area contributed by atoms with Crippen LogP contribution in [-0.4, -0.2) is 91.1 Å². The van der Waals surface area contributed by atoms with E-state index in [1.54, 1.807) is 19.5 Å². The highest BCUT2D eigenvalue weighted by atomic mass is 19.4. The van der Waals surface area contributed by atoms with Gasteiger partial charge in [0.05, 0.1) is 26.2 Å². The third-order valence-electron chi connectivity index (χ3n) is 4.83. The van der Waals surface area contributed by atoms with Crippen LogP contribution >= 0.6 is 0 Å². The standard InChI is InChI=1S/C16H24N4O3.C2HF3O2/c1-22-9-3-14(21)19-8-10-23-13-16(11-19)4-7-20(12-16)15-17-5-2-6-18-15;3-2(4,5)1(6)7/h2,5-6H,3-4,7-13H2,1H3;(H,6,7). The van der Waals surface area contributed by atoms with Crippen LogP contribution in [0.5, 0.6) is 0 Å². The number of alkyl halides is 3. The first-order valence-electron chi connectivity index (χ1n) is 9.33. The number of anilines is 1. The summed E-state index contributed by atoms with van der Waals surface area (Å²) in [6.07, 6.45) is -0.146. The Morgan fingerprint density at radius 3 is 2.53 bits per heavy atom. The Bertz CT molecular complexity index is 707. The molecular formula is C18H25F3N4O5. The summed E-state index contributed by atoms with van der Waals surface area (Å²) in [5.41, 5.74) is -0.0293. The molecule has 1 atom stereocenters. The number of amides is 1. The number of halogens is 3. The van der Waals surface area contributed by atoms with Gasteiger partial charge in [0.25, 0.3) is 0 Å². The van der Waals surface area contributed by atoms with Gasteiger partial charge in [-0.3, -0.25) is 4.79 Å². The van der Waals surface area contributed by atoms with E-state index >= 15 is 0 Å². The van der Waals surface area contributed by atoms with Crippen molar-refractivity contribution in [1.82, 2.24) is 14.9 Å². The van der Waals surface area contributed by atoms with E-state index < -0.39 is 12.1 Å². The highest BCUT2D eigenvalue weighted by Crippen LogP contribution is 2.34. The second-order valence-electron chi connectivity index (χ2n) is 7.13. The second kappa shape index (κ2) is 10.5. The van der Waals surface area contributed by atoms with E-state index in [1.807, 2.05) is 11.0 Å². The number of carbonyl (C=O) groups is 2. The van der Waals surface area contributed by atoms with Gasteiger partial charge in [0.2, 0.25) is 11.9 Å². The van der Waals surface area contributed by atoms with Crippen LogP contribution in [0.3, 0.4) is 0 Å². The molecule has 30 heavy (non-hydrogen) atoms. The average Bonchev–Trinajstić information content (AvgIpc) is 3.00.